The number of halogens is 3. The van der Waals surface area contributed by atoms with Crippen molar-refractivity contribution in [3.05, 3.63) is 95.6 Å². The molecule has 3 aromatic carbocycles. The fraction of sp³-hybridized carbons (Fsp3) is 0.192. The molecule has 0 spiro atoms. The van der Waals surface area contributed by atoms with Gasteiger partial charge in [0.15, 0.2) is 11.3 Å². The molecule has 0 bridgehead atoms. The van der Waals surface area contributed by atoms with Crippen LogP contribution in [0.1, 0.15) is 28.4 Å². The summed E-state index contributed by atoms with van der Waals surface area (Å²) in [6.45, 7) is 1.46. The van der Waals surface area contributed by atoms with Gasteiger partial charge >= 0.3 is 18.1 Å². The van der Waals surface area contributed by atoms with Crippen molar-refractivity contribution < 1.29 is 32.3 Å². The summed E-state index contributed by atoms with van der Waals surface area (Å²) < 4.78 is 43.5. The maximum atomic E-state index is 13.7. The normalized spacial score (nSPS) is 21.9. The first-order valence-electron chi connectivity index (χ1n) is 10.8. The lowest BCUT2D eigenvalue weighted by Gasteiger charge is -2.32. The zero-order valence-electron chi connectivity index (χ0n) is 19.3. The number of benzene rings is 3. The maximum Gasteiger partial charge on any atom is 0.491 e. The molecule has 0 radical (unpaired) electrons. The van der Waals surface area contributed by atoms with Gasteiger partial charge in [-0.25, -0.2) is 10.1 Å². The largest absolute Gasteiger partial charge is 0.491 e. The number of amides is 1. The maximum absolute atomic E-state index is 13.7. The Balaban J connectivity index is 1.84. The molecule has 3 N–H and O–H groups in total. The minimum Gasteiger partial charge on any atom is -0.404 e. The molecule has 3 aromatic rings. The molecule has 36 heavy (non-hydrogen) atoms. The van der Waals surface area contributed by atoms with E-state index in [9.17, 15) is 27.6 Å². The third-order valence-electron chi connectivity index (χ3n) is 6.10. The van der Waals surface area contributed by atoms with E-state index in [2.05, 4.69) is 10.1 Å². The van der Waals surface area contributed by atoms with E-state index in [1.807, 2.05) is 0 Å². The van der Waals surface area contributed by atoms with Gasteiger partial charge in [-0.1, -0.05) is 72.8 Å². The smallest absolute Gasteiger partial charge is 0.404 e. The van der Waals surface area contributed by atoms with E-state index in [1.54, 1.807) is 78.9 Å². The number of nitrogens with zero attached hydrogens (tertiary/aromatic N) is 1. The van der Waals surface area contributed by atoms with Gasteiger partial charge in [0.2, 0.25) is 0 Å². The molecule has 0 saturated carbocycles. The molecule has 186 valence electrons. The number of Topliss-reactive ketones (excluding diaryl/α,β-unsaturated/α-hetero) is 1. The molecule has 7 nitrogen and oxygen atoms in total. The van der Waals surface area contributed by atoms with E-state index in [0.29, 0.717) is 22.3 Å². The molecule has 2 atom stereocenters. The van der Waals surface area contributed by atoms with E-state index in [0.717, 1.165) is 17.5 Å². The van der Waals surface area contributed by atoms with Crippen LogP contribution in [0.2, 0.25) is 0 Å². The lowest BCUT2D eigenvalue weighted by Crippen LogP contribution is -2.64. The summed E-state index contributed by atoms with van der Waals surface area (Å²) in [6.07, 6.45) is -5.32. The average molecular weight is 497 g/mol. The number of nitrogens with one attached hydrogen (secondary N) is 1. The van der Waals surface area contributed by atoms with Crippen LogP contribution >= 0.6 is 0 Å². The fourth-order valence-electron chi connectivity index (χ4n) is 4.18. The number of ether oxygens (including phenoxy) is 1. The SMILES string of the molecule is CC(=O)c1ccc(-c2cccc(C3(c4ccccc4)NC(N)(OC(=O)C(F)(F)F)N(C)C3=O)c2)cc1. The molecule has 4 rings (SSSR count). The van der Waals surface area contributed by atoms with Crippen LogP contribution in [0.5, 0.6) is 0 Å². The summed E-state index contributed by atoms with van der Waals surface area (Å²) >= 11 is 0. The van der Waals surface area contributed by atoms with Gasteiger partial charge < -0.3 is 4.74 Å². The van der Waals surface area contributed by atoms with Gasteiger partial charge in [0, 0.05) is 12.6 Å². The monoisotopic (exact) mass is 497 g/mol. The predicted octanol–water partition coefficient (Wildman–Crippen LogP) is 3.54. The Bertz CT molecular complexity index is 1330. The third kappa shape index (κ3) is 4.25. The molecule has 2 unspecified atom stereocenters. The Morgan fingerprint density at radius 1 is 0.917 bits per heavy atom. The second-order valence-electron chi connectivity index (χ2n) is 8.40. The molecule has 1 fully saturated rings. The van der Waals surface area contributed by atoms with Crippen molar-refractivity contribution in [2.24, 2.45) is 5.73 Å². The van der Waals surface area contributed by atoms with Gasteiger partial charge in [0.05, 0.1) is 0 Å². The van der Waals surface area contributed by atoms with E-state index in [1.165, 1.54) is 6.92 Å². The van der Waals surface area contributed by atoms with Crippen molar-refractivity contribution in [3.8, 4) is 11.1 Å². The number of carbonyl (C=O) groups is 3. The molecular formula is C26H22F3N3O4. The van der Waals surface area contributed by atoms with Crippen molar-refractivity contribution in [3.63, 3.8) is 0 Å². The van der Waals surface area contributed by atoms with Gasteiger partial charge in [-0.2, -0.15) is 13.2 Å². The molecule has 1 heterocycles. The van der Waals surface area contributed by atoms with Crippen molar-refractivity contribution in [1.82, 2.24) is 10.2 Å². The topological polar surface area (TPSA) is 102 Å². The quantitative estimate of drug-likeness (QED) is 0.318. The second-order valence-corrected chi connectivity index (χ2v) is 8.40. The number of hydrogen-bond donors (Lipinski definition) is 2. The zero-order chi connectivity index (χ0) is 26.3. The predicted molar refractivity (Wildman–Crippen MR) is 124 cm³/mol. The molecule has 1 amide bonds. The van der Waals surface area contributed by atoms with Crippen molar-refractivity contribution >= 4 is 17.7 Å². The molecule has 0 aromatic heterocycles. The van der Waals surface area contributed by atoms with Crippen LogP contribution in [-0.4, -0.2) is 41.8 Å². The molecule has 1 aliphatic rings. The number of hydrogen-bond acceptors (Lipinski definition) is 6. The molecule has 10 heteroatoms. The fourth-order valence-corrected chi connectivity index (χ4v) is 4.18. The first-order chi connectivity index (χ1) is 16.9. The highest BCUT2D eigenvalue weighted by Gasteiger charge is 2.62. The number of nitrogens with two attached hydrogens (primary N) is 1. The summed E-state index contributed by atoms with van der Waals surface area (Å²) in [4.78, 5) is 37.7. The standard InChI is InChI=1S/C26H22F3N3O4/c1-16(33)17-11-13-18(14-12-17)19-7-6-10-21(15-19)24(20-8-4-3-5-9-20)22(34)32(2)26(30,31-24)36-23(35)25(27,28)29/h3-15,31H,30H2,1-2H3. The lowest BCUT2D eigenvalue weighted by atomic mass is 9.81. The number of esters is 1. The Kier molecular flexibility index (Phi) is 6.19. The Morgan fingerprint density at radius 2 is 1.53 bits per heavy atom. The van der Waals surface area contributed by atoms with E-state index < -0.39 is 29.6 Å². The Morgan fingerprint density at radius 3 is 2.11 bits per heavy atom. The first kappa shape index (κ1) is 25.1. The van der Waals surface area contributed by atoms with E-state index >= 15 is 0 Å². The van der Waals surface area contributed by atoms with Gasteiger partial charge in [0.25, 0.3) is 5.91 Å². The highest BCUT2D eigenvalue weighted by Crippen LogP contribution is 2.41. The van der Waals surface area contributed by atoms with Crippen LogP contribution in [0.25, 0.3) is 11.1 Å². The molecular weight excluding hydrogens is 475 g/mol. The van der Waals surface area contributed by atoms with E-state index in [4.69, 9.17) is 5.73 Å². The second kappa shape index (κ2) is 8.89. The van der Waals surface area contributed by atoms with Crippen LogP contribution in [-0.2, 0) is 19.9 Å². The number of carbonyl (C=O) groups excluding carboxylic acids is 3. The minimum atomic E-state index is -5.32. The zero-order valence-corrected chi connectivity index (χ0v) is 19.3. The molecule has 0 aliphatic carbocycles. The van der Waals surface area contributed by atoms with Crippen molar-refractivity contribution in [2.75, 3.05) is 7.05 Å². The van der Waals surface area contributed by atoms with Crippen LogP contribution in [0.4, 0.5) is 13.2 Å². The van der Waals surface area contributed by atoms with Gasteiger partial charge in [0.1, 0.15) is 0 Å². The summed E-state index contributed by atoms with van der Waals surface area (Å²) in [7, 11) is 1.15. The summed E-state index contributed by atoms with van der Waals surface area (Å²) in [5.41, 5.74) is 6.97. The Hall–Kier alpha value is -4.02. The average Bonchev–Trinajstić information content (AvgIpc) is 3.06. The third-order valence-corrected chi connectivity index (χ3v) is 6.10. The Labute approximate surface area is 204 Å². The first-order valence-corrected chi connectivity index (χ1v) is 10.8. The van der Waals surface area contributed by atoms with E-state index in [-0.39, 0.29) is 5.78 Å². The van der Waals surface area contributed by atoms with Gasteiger partial charge in [-0.05, 0) is 35.2 Å². The van der Waals surface area contributed by atoms with Crippen LogP contribution in [0, 0.1) is 0 Å². The highest BCUT2D eigenvalue weighted by molar-refractivity contribution is 5.95. The van der Waals surface area contributed by atoms with Gasteiger partial charge in [-0.3, -0.25) is 20.2 Å². The highest BCUT2D eigenvalue weighted by atomic mass is 19.4. The minimum absolute atomic E-state index is 0.0881. The summed E-state index contributed by atoms with van der Waals surface area (Å²) in [5.74, 6) is -5.94. The molecule has 1 aliphatic heterocycles. The van der Waals surface area contributed by atoms with Crippen molar-refractivity contribution in [1.29, 1.82) is 0 Å². The van der Waals surface area contributed by atoms with Crippen molar-refractivity contribution in [2.45, 2.75) is 24.6 Å². The lowest BCUT2D eigenvalue weighted by molar-refractivity contribution is -0.228. The van der Waals surface area contributed by atoms with Gasteiger partial charge in [-0.15, -0.1) is 0 Å². The number of likely N-dealkylation sites (N-methyl/N-ethyl adjacent to an activating group) is 1. The summed E-state index contributed by atoms with van der Waals surface area (Å²) in [5, 5.41) is 2.69. The van der Waals surface area contributed by atoms with Crippen LogP contribution in [0.15, 0.2) is 78.9 Å². The van der Waals surface area contributed by atoms with Crippen LogP contribution < -0.4 is 11.1 Å². The number of rotatable bonds is 5. The summed E-state index contributed by atoms with van der Waals surface area (Å²) in [6, 6.07) is 21.9. The number of alkyl halides is 3. The molecule has 1 saturated heterocycles. The van der Waals surface area contributed by atoms with Crippen LogP contribution in [0.3, 0.4) is 0 Å². The number of ketones is 1.